The van der Waals surface area contributed by atoms with Crippen LogP contribution in [0.1, 0.15) is 27.2 Å². The molecule has 0 saturated carbocycles. The van der Waals surface area contributed by atoms with E-state index in [1.807, 2.05) is 0 Å². The predicted octanol–water partition coefficient (Wildman–Crippen LogP) is 1.44. The van der Waals surface area contributed by atoms with Crippen molar-refractivity contribution in [1.29, 1.82) is 0 Å². The molecule has 1 saturated heterocycles. The largest absolute Gasteiger partial charge is 0.417 e. The number of rotatable bonds is 6. The summed E-state index contributed by atoms with van der Waals surface area (Å²) >= 11 is 0. The molecule has 6 nitrogen and oxygen atoms in total. The van der Waals surface area contributed by atoms with Crippen LogP contribution in [0, 0.1) is 5.92 Å². The van der Waals surface area contributed by atoms with Crippen molar-refractivity contribution in [2.24, 2.45) is 5.92 Å². The Labute approximate surface area is 133 Å². The van der Waals surface area contributed by atoms with E-state index in [1.54, 1.807) is 6.92 Å². The topological polar surface area (TPSA) is 77.4 Å². The first-order chi connectivity index (χ1) is 10.4. The molecular weight excluding hydrogens is 321 g/mol. The molecule has 1 fully saturated rings. The van der Waals surface area contributed by atoms with E-state index in [2.05, 4.69) is 0 Å². The number of hydrogen-bond donors (Lipinski definition) is 2. The molecule has 4 unspecified atom stereocenters. The summed E-state index contributed by atoms with van der Waals surface area (Å²) in [7, 11) is 2.44. The summed E-state index contributed by atoms with van der Waals surface area (Å²) in [5.41, 5.74) is 0. The SMILES string of the molecule is COC(C)(O)C(C)(OC)O[C@H]1C(C)CCO[C@@H]1C(O)C(F)(F)F. The van der Waals surface area contributed by atoms with Crippen LogP contribution in [-0.2, 0) is 18.9 Å². The molecule has 1 aliphatic rings. The van der Waals surface area contributed by atoms with E-state index < -0.39 is 36.1 Å². The van der Waals surface area contributed by atoms with Crippen LogP contribution in [0.15, 0.2) is 0 Å². The van der Waals surface area contributed by atoms with Gasteiger partial charge >= 0.3 is 6.18 Å². The van der Waals surface area contributed by atoms with Crippen LogP contribution in [0.4, 0.5) is 13.2 Å². The number of methoxy groups -OCH3 is 2. The van der Waals surface area contributed by atoms with E-state index in [1.165, 1.54) is 28.1 Å². The first kappa shape index (κ1) is 20.6. The van der Waals surface area contributed by atoms with E-state index in [9.17, 15) is 23.4 Å². The zero-order valence-corrected chi connectivity index (χ0v) is 13.9. The maximum Gasteiger partial charge on any atom is 0.417 e. The van der Waals surface area contributed by atoms with Gasteiger partial charge in [-0.25, -0.2) is 0 Å². The van der Waals surface area contributed by atoms with Gasteiger partial charge in [0.1, 0.15) is 6.10 Å². The molecule has 0 aromatic carbocycles. The molecule has 1 heterocycles. The van der Waals surface area contributed by atoms with Gasteiger partial charge in [0.15, 0.2) is 6.10 Å². The average Bonchev–Trinajstić information content (AvgIpc) is 2.47. The van der Waals surface area contributed by atoms with Crippen LogP contribution in [0.25, 0.3) is 0 Å². The predicted molar refractivity (Wildman–Crippen MR) is 73.5 cm³/mol. The van der Waals surface area contributed by atoms with Crippen LogP contribution in [-0.4, -0.2) is 67.1 Å². The Morgan fingerprint density at radius 1 is 1.17 bits per heavy atom. The van der Waals surface area contributed by atoms with Crippen molar-refractivity contribution in [3.05, 3.63) is 0 Å². The zero-order chi connectivity index (χ0) is 18.1. The van der Waals surface area contributed by atoms with Crippen molar-refractivity contribution in [1.82, 2.24) is 0 Å². The standard InChI is InChI=1S/C14H25F3O6/c1-8-6-7-22-10(11(18)14(15,16)17)9(8)23-13(3,21-5)12(2,19)20-4/h8-11,18-19H,6-7H2,1-5H3/t8?,9-,10-,11?,12?,13?/m0/s1. The van der Waals surface area contributed by atoms with Gasteiger partial charge in [0.25, 0.3) is 0 Å². The lowest BCUT2D eigenvalue weighted by Crippen LogP contribution is -2.61. The number of hydrogen-bond acceptors (Lipinski definition) is 6. The molecule has 0 aromatic heterocycles. The fourth-order valence-electron chi connectivity index (χ4n) is 2.41. The molecular formula is C14H25F3O6. The Balaban J connectivity index is 3.08. The first-order valence-corrected chi connectivity index (χ1v) is 7.26. The minimum atomic E-state index is -4.85. The van der Waals surface area contributed by atoms with Crippen LogP contribution < -0.4 is 0 Å². The third-order valence-corrected chi connectivity index (χ3v) is 4.41. The van der Waals surface area contributed by atoms with Gasteiger partial charge in [-0.3, -0.25) is 0 Å². The van der Waals surface area contributed by atoms with Crippen LogP contribution in [0.3, 0.4) is 0 Å². The monoisotopic (exact) mass is 346 g/mol. The summed E-state index contributed by atoms with van der Waals surface area (Å²) in [4.78, 5) is 0. The minimum Gasteiger partial charge on any atom is -0.381 e. The maximum absolute atomic E-state index is 12.9. The zero-order valence-electron chi connectivity index (χ0n) is 13.9. The lowest BCUT2D eigenvalue weighted by atomic mass is 9.90. The van der Waals surface area contributed by atoms with Gasteiger partial charge < -0.3 is 29.2 Å². The second kappa shape index (κ2) is 7.20. The van der Waals surface area contributed by atoms with Gasteiger partial charge in [-0.15, -0.1) is 0 Å². The molecule has 0 amide bonds. The van der Waals surface area contributed by atoms with E-state index in [-0.39, 0.29) is 12.5 Å². The fourth-order valence-corrected chi connectivity index (χ4v) is 2.41. The molecule has 2 N–H and O–H groups in total. The maximum atomic E-state index is 12.9. The van der Waals surface area contributed by atoms with Crippen molar-refractivity contribution in [3.8, 4) is 0 Å². The number of ether oxygens (including phenoxy) is 4. The van der Waals surface area contributed by atoms with Crippen molar-refractivity contribution < 1.29 is 42.3 Å². The molecule has 23 heavy (non-hydrogen) atoms. The number of aliphatic hydroxyl groups is 2. The molecule has 0 aromatic rings. The summed E-state index contributed by atoms with van der Waals surface area (Å²) in [5, 5.41) is 19.8. The molecule has 0 aliphatic carbocycles. The van der Waals surface area contributed by atoms with Gasteiger partial charge in [0.2, 0.25) is 11.6 Å². The van der Waals surface area contributed by atoms with E-state index in [0.717, 1.165) is 0 Å². The molecule has 9 heteroatoms. The summed E-state index contributed by atoms with van der Waals surface area (Å²) in [5.74, 6) is -4.04. The normalized spacial score (nSPS) is 32.9. The summed E-state index contributed by atoms with van der Waals surface area (Å²) < 4.78 is 59.4. The molecule has 1 aliphatic heterocycles. The first-order valence-electron chi connectivity index (χ1n) is 7.26. The quantitative estimate of drug-likeness (QED) is 0.709. The van der Waals surface area contributed by atoms with Gasteiger partial charge in [-0.2, -0.15) is 13.2 Å². The number of alkyl halides is 3. The fraction of sp³-hybridized carbons (Fsp3) is 1.00. The van der Waals surface area contributed by atoms with Crippen LogP contribution in [0.2, 0.25) is 0 Å². The minimum absolute atomic E-state index is 0.0726. The molecule has 0 radical (unpaired) electrons. The number of halogens is 3. The second-order valence-corrected chi connectivity index (χ2v) is 6.01. The highest BCUT2D eigenvalue weighted by Gasteiger charge is 2.54. The Bertz CT molecular complexity index is 389. The lowest BCUT2D eigenvalue weighted by Gasteiger charge is -2.46. The van der Waals surface area contributed by atoms with Crippen molar-refractivity contribution >= 4 is 0 Å². The van der Waals surface area contributed by atoms with Crippen LogP contribution in [0.5, 0.6) is 0 Å². The van der Waals surface area contributed by atoms with Crippen molar-refractivity contribution in [2.75, 3.05) is 20.8 Å². The highest BCUT2D eigenvalue weighted by molar-refractivity contribution is 4.92. The van der Waals surface area contributed by atoms with Crippen LogP contribution >= 0.6 is 0 Å². The van der Waals surface area contributed by atoms with Gasteiger partial charge in [-0.1, -0.05) is 6.92 Å². The van der Waals surface area contributed by atoms with E-state index in [4.69, 9.17) is 18.9 Å². The second-order valence-electron chi connectivity index (χ2n) is 6.01. The highest BCUT2D eigenvalue weighted by atomic mass is 19.4. The van der Waals surface area contributed by atoms with Gasteiger partial charge in [0.05, 0.1) is 6.10 Å². The molecule has 0 spiro atoms. The molecule has 0 bridgehead atoms. The van der Waals surface area contributed by atoms with E-state index >= 15 is 0 Å². The third kappa shape index (κ3) is 4.34. The van der Waals surface area contributed by atoms with Gasteiger partial charge in [0, 0.05) is 20.8 Å². The molecule has 6 atom stereocenters. The molecule has 1 rings (SSSR count). The Morgan fingerprint density at radius 3 is 2.17 bits per heavy atom. The lowest BCUT2D eigenvalue weighted by molar-refractivity contribution is -0.399. The summed E-state index contributed by atoms with van der Waals surface area (Å²) in [6, 6.07) is 0. The van der Waals surface area contributed by atoms with Crippen molar-refractivity contribution in [2.45, 2.75) is 63.3 Å². The average molecular weight is 346 g/mol. The Kier molecular flexibility index (Phi) is 6.45. The smallest absolute Gasteiger partial charge is 0.381 e. The Hall–Kier alpha value is -0.450. The summed E-state index contributed by atoms with van der Waals surface area (Å²) in [6.07, 6.45) is -9.88. The number of aliphatic hydroxyl groups excluding tert-OH is 1. The Morgan fingerprint density at radius 2 is 1.74 bits per heavy atom. The third-order valence-electron chi connectivity index (χ3n) is 4.41. The van der Waals surface area contributed by atoms with Crippen molar-refractivity contribution in [3.63, 3.8) is 0 Å². The molecule has 138 valence electrons. The highest BCUT2D eigenvalue weighted by Crippen LogP contribution is 2.37. The van der Waals surface area contributed by atoms with E-state index in [0.29, 0.717) is 6.42 Å². The summed E-state index contributed by atoms with van der Waals surface area (Å²) in [6.45, 7) is 4.36. The van der Waals surface area contributed by atoms with Gasteiger partial charge in [-0.05, 0) is 26.2 Å².